The van der Waals surface area contributed by atoms with E-state index in [0.717, 1.165) is 22.6 Å². The molecule has 0 bridgehead atoms. The molecule has 0 atom stereocenters. The molecule has 0 aliphatic heterocycles. The zero-order valence-corrected chi connectivity index (χ0v) is 10.3. The van der Waals surface area contributed by atoms with Gasteiger partial charge in [0.15, 0.2) is 0 Å². The lowest BCUT2D eigenvalue weighted by molar-refractivity contribution is 0.565. The summed E-state index contributed by atoms with van der Waals surface area (Å²) >= 11 is 6.04. The van der Waals surface area contributed by atoms with Crippen molar-refractivity contribution in [1.82, 2.24) is 4.98 Å². The van der Waals surface area contributed by atoms with Gasteiger partial charge in [0.2, 0.25) is 5.95 Å². The molecule has 0 aliphatic carbocycles. The molecule has 1 aromatic heterocycles. The molecule has 0 saturated carbocycles. The smallest absolute Gasteiger partial charge is 0.216 e. The van der Waals surface area contributed by atoms with Gasteiger partial charge in [-0.3, -0.25) is 0 Å². The molecule has 2 rings (SSSR count). The summed E-state index contributed by atoms with van der Waals surface area (Å²) in [6.07, 6.45) is 2.87. The SMILES string of the molecule is Cc1c(Cl)cccc1CCc1cccnc1F. The average Bonchev–Trinajstić information content (AvgIpc) is 2.33. The Labute approximate surface area is 105 Å². The fourth-order valence-corrected chi connectivity index (χ4v) is 1.99. The quantitative estimate of drug-likeness (QED) is 0.750. The highest BCUT2D eigenvalue weighted by Crippen LogP contribution is 2.20. The predicted molar refractivity (Wildman–Crippen MR) is 67.8 cm³/mol. The van der Waals surface area contributed by atoms with E-state index in [9.17, 15) is 4.39 Å². The van der Waals surface area contributed by atoms with Crippen LogP contribution in [0.5, 0.6) is 0 Å². The maximum atomic E-state index is 13.3. The molecule has 88 valence electrons. The van der Waals surface area contributed by atoms with Gasteiger partial charge in [0, 0.05) is 16.8 Å². The number of aryl methyl sites for hydroxylation is 2. The summed E-state index contributed by atoms with van der Waals surface area (Å²) in [5.41, 5.74) is 2.87. The van der Waals surface area contributed by atoms with Gasteiger partial charge in [-0.1, -0.05) is 29.8 Å². The fourth-order valence-electron chi connectivity index (χ4n) is 1.80. The van der Waals surface area contributed by atoms with Crippen molar-refractivity contribution < 1.29 is 4.39 Å². The van der Waals surface area contributed by atoms with Crippen LogP contribution in [0.2, 0.25) is 5.02 Å². The van der Waals surface area contributed by atoms with E-state index in [2.05, 4.69) is 4.98 Å². The van der Waals surface area contributed by atoms with E-state index in [-0.39, 0.29) is 5.95 Å². The van der Waals surface area contributed by atoms with Gasteiger partial charge < -0.3 is 0 Å². The molecule has 17 heavy (non-hydrogen) atoms. The summed E-state index contributed by atoms with van der Waals surface area (Å²) in [6.45, 7) is 1.98. The Morgan fingerprint density at radius 3 is 2.59 bits per heavy atom. The third-order valence-electron chi connectivity index (χ3n) is 2.88. The molecule has 0 amide bonds. The molecule has 1 nitrogen and oxygen atoms in total. The number of nitrogens with zero attached hydrogens (tertiary/aromatic N) is 1. The van der Waals surface area contributed by atoms with Gasteiger partial charge >= 0.3 is 0 Å². The molecule has 3 heteroatoms. The molecular weight excluding hydrogens is 237 g/mol. The molecule has 0 aliphatic rings. The van der Waals surface area contributed by atoms with Gasteiger partial charge in [-0.25, -0.2) is 4.98 Å². The molecule has 2 aromatic rings. The van der Waals surface area contributed by atoms with Crippen molar-refractivity contribution in [3.63, 3.8) is 0 Å². The summed E-state index contributed by atoms with van der Waals surface area (Å²) in [6, 6.07) is 9.33. The van der Waals surface area contributed by atoms with Gasteiger partial charge in [-0.2, -0.15) is 4.39 Å². The van der Waals surface area contributed by atoms with E-state index in [1.54, 1.807) is 12.1 Å². The van der Waals surface area contributed by atoms with Crippen LogP contribution in [0.15, 0.2) is 36.5 Å². The number of hydrogen-bond donors (Lipinski definition) is 0. The van der Waals surface area contributed by atoms with E-state index < -0.39 is 0 Å². The fraction of sp³-hybridized carbons (Fsp3) is 0.214. The number of benzene rings is 1. The number of hydrogen-bond acceptors (Lipinski definition) is 1. The van der Waals surface area contributed by atoms with Gasteiger partial charge in [0.25, 0.3) is 0 Å². The molecule has 1 aromatic carbocycles. The van der Waals surface area contributed by atoms with Gasteiger partial charge in [-0.15, -0.1) is 0 Å². The summed E-state index contributed by atoms with van der Waals surface area (Å²) in [5.74, 6) is -0.382. The molecule has 0 spiro atoms. The first-order valence-corrected chi connectivity index (χ1v) is 5.89. The summed E-state index contributed by atoms with van der Waals surface area (Å²) < 4.78 is 13.3. The van der Waals surface area contributed by atoms with E-state index in [1.165, 1.54) is 6.20 Å². The average molecular weight is 250 g/mol. The van der Waals surface area contributed by atoms with Crippen LogP contribution in [0.25, 0.3) is 0 Å². The largest absolute Gasteiger partial charge is 0.228 e. The van der Waals surface area contributed by atoms with E-state index in [0.29, 0.717) is 12.0 Å². The second-order valence-electron chi connectivity index (χ2n) is 3.98. The third-order valence-corrected chi connectivity index (χ3v) is 3.29. The van der Waals surface area contributed by atoms with Gasteiger partial charge in [0.05, 0.1) is 0 Å². The molecule has 0 radical (unpaired) electrons. The summed E-state index contributed by atoms with van der Waals surface area (Å²) in [4.78, 5) is 3.64. The zero-order chi connectivity index (χ0) is 12.3. The first-order valence-electron chi connectivity index (χ1n) is 5.52. The van der Waals surface area contributed by atoms with Crippen molar-refractivity contribution in [3.8, 4) is 0 Å². The summed E-state index contributed by atoms with van der Waals surface area (Å²) in [5, 5.41) is 0.758. The molecule has 0 unspecified atom stereocenters. The minimum Gasteiger partial charge on any atom is -0.228 e. The van der Waals surface area contributed by atoms with Crippen molar-refractivity contribution in [2.75, 3.05) is 0 Å². The lowest BCUT2D eigenvalue weighted by atomic mass is 10.0. The molecule has 1 heterocycles. The maximum absolute atomic E-state index is 13.3. The third kappa shape index (κ3) is 2.83. The van der Waals surface area contributed by atoms with Crippen LogP contribution >= 0.6 is 11.6 Å². The Hall–Kier alpha value is -1.41. The van der Waals surface area contributed by atoms with Crippen LogP contribution in [0, 0.1) is 12.9 Å². The van der Waals surface area contributed by atoms with E-state index in [1.807, 2.05) is 25.1 Å². The number of halogens is 2. The Balaban J connectivity index is 2.13. The monoisotopic (exact) mass is 249 g/mol. The van der Waals surface area contributed by atoms with Crippen LogP contribution in [0.1, 0.15) is 16.7 Å². The lowest BCUT2D eigenvalue weighted by Crippen LogP contribution is -1.98. The van der Waals surface area contributed by atoms with Crippen LogP contribution in [0.4, 0.5) is 4.39 Å². The van der Waals surface area contributed by atoms with Crippen LogP contribution in [-0.4, -0.2) is 4.98 Å². The normalized spacial score (nSPS) is 10.5. The Kier molecular flexibility index (Phi) is 3.75. The second kappa shape index (κ2) is 5.28. The van der Waals surface area contributed by atoms with Crippen molar-refractivity contribution >= 4 is 11.6 Å². The van der Waals surface area contributed by atoms with Crippen LogP contribution < -0.4 is 0 Å². The minimum atomic E-state index is -0.382. The van der Waals surface area contributed by atoms with Crippen molar-refractivity contribution in [1.29, 1.82) is 0 Å². The van der Waals surface area contributed by atoms with Crippen molar-refractivity contribution in [2.24, 2.45) is 0 Å². The highest BCUT2D eigenvalue weighted by Gasteiger charge is 2.05. The molecule has 0 fully saturated rings. The van der Waals surface area contributed by atoms with E-state index >= 15 is 0 Å². The zero-order valence-electron chi connectivity index (χ0n) is 9.58. The number of rotatable bonds is 3. The highest BCUT2D eigenvalue weighted by atomic mass is 35.5. The minimum absolute atomic E-state index is 0.382. The second-order valence-corrected chi connectivity index (χ2v) is 4.38. The standard InChI is InChI=1S/C14H13ClFN/c1-10-11(4-2-6-13(10)15)7-8-12-5-3-9-17-14(12)16/h2-6,9H,7-8H2,1H3. The van der Waals surface area contributed by atoms with E-state index in [4.69, 9.17) is 11.6 Å². The number of aromatic nitrogens is 1. The van der Waals surface area contributed by atoms with Gasteiger partial charge in [0.1, 0.15) is 0 Å². The Morgan fingerprint density at radius 2 is 1.82 bits per heavy atom. The predicted octanol–water partition coefficient (Wildman–Crippen LogP) is 3.97. The topological polar surface area (TPSA) is 12.9 Å². The first-order chi connectivity index (χ1) is 8.18. The molecule has 0 N–H and O–H groups in total. The first kappa shape index (κ1) is 12.1. The Bertz CT molecular complexity index is 525. The van der Waals surface area contributed by atoms with Crippen LogP contribution in [0.3, 0.4) is 0 Å². The van der Waals surface area contributed by atoms with Crippen molar-refractivity contribution in [3.05, 3.63) is 64.2 Å². The van der Waals surface area contributed by atoms with Crippen molar-refractivity contribution in [2.45, 2.75) is 19.8 Å². The lowest BCUT2D eigenvalue weighted by Gasteiger charge is -2.07. The highest BCUT2D eigenvalue weighted by molar-refractivity contribution is 6.31. The maximum Gasteiger partial charge on any atom is 0.216 e. The van der Waals surface area contributed by atoms with Gasteiger partial charge in [-0.05, 0) is 43.0 Å². The molecular formula is C14H13ClFN. The molecule has 0 saturated heterocycles. The Morgan fingerprint density at radius 1 is 1.12 bits per heavy atom. The van der Waals surface area contributed by atoms with Crippen LogP contribution in [-0.2, 0) is 12.8 Å². The number of pyridine rings is 1. The summed E-state index contributed by atoms with van der Waals surface area (Å²) in [7, 11) is 0.